The predicted octanol–water partition coefficient (Wildman–Crippen LogP) is 2.94. The van der Waals surface area contributed by atoms with E-state index in [1.807, 2.05) is 25.1 Å². The van der Waals surface area contributed by atoms with Crippen LogP contribution in [0, 0.1) is 0 Å². The molecule has 0 saturated carbocycles. The maximum absolute atomic E-state index is 13.9. The minimum absolute atomic E-state index is 0.0161. The van der Waals surface area contributed by atoms with E-state index in [9.17, 15) is 23.7 Å². The lowest BCUT2D eigenvalue weighted by Gasteiger charge is -2.35. The average Bonchev–Trinajstić information content (AvgIpc) is 3.43. The second kappa shape index (κ2) is 15.9. The molecule has 2 aliphatic heterocycles. The molecule has 2 aromatic carbocycles. The zero-order valence-electron chi connectivity index (χ0n) is 25.2. The third-order valence-corrected chi connectivity index (χ3v) is 8.36. The molecule has 2 aromatic rings. The van der Waals surface area contributed by atoms with Gasteiger partial charge in [-0.3, -0.25) is 24.2 Å². The van der Waals surface area contributed by atoms with E-state index in [4.69, 9.17) is 14.5 Å². The Labute approximate surface area is 262 Å². The molecule has 0 aliphatic carbocycles. The highest BCUT2D eigenvalue weighted by molar-refractivity contribution is 7.46. The van der Waals surface area contributed by atoms with Gasteiger partial charge in [-0.2, -0.15) is 0 Å². The molecular formula is C31H41N4O9P. The minimum atomic E-state index is -4.75. The number of hydrogen-bond donors (Lipinski definition) is 5. The van der Waals surface area contributed by atoms with Crippen LogP contribution < -0.4 is 20.5 Å². The number of carbonyl (C=O) groups excluding carboxylic acids is 4. The highest BCUT2D eigenvalue weighted by Gasteiger charge is 2.44. The Kier molecular flexibility index (Phi) is 12.0. The topological polar surface area (TPSA) is 184 Å². The first kappa shape index (κ1) is 34.0. The molecule has 4 atom stereocenters. The zero-order chi connectivity index (χ0) is 32.4. The van der Waals surface area contributed by atoms with Crippen LogP contribution in [-0.4, -0.2) is 69.2 Å². The summed E-state index contributed by atoms with van der Waals surface area (Å²) in [6.45, 7) is 2.45. The number of amides is 4. The molecule has 2 aliphatic rings. The van der Waals surface area contributed by atoms with Crippen molar-refractivity contribution in [2.24, 2.45) is 0 Å². The summed E-state index contributed by atoms with van der Waals surface area (Å²) < 4.78 is 21.1. The van der Waals surface area contributed by atoms with E-state index in [1.54, 1.807) is 17.0 Å². The van der Waals surface area contributed by atoms with Crippen molar-refractivity contribution in [3.05, 3.63) is 65.7 Å². The van der Waals surface area contributed by atoms with Gasteiger partial charge in [-0.1, -0.05) is 62.2 Å². The Bertz CT molecular complexity index is 1370. The number of hydrogen-bond acceptors (Lipinski definition) is 7. The number of carbonyl (C=O) groups is 4. The molecule has 4 amide bonds. The van der Waals surface area contributed by atoms with E-state index in [-0.39, 0.29) is 36.6 Å². The van der Waals surface area contributed by atoms with Crippen LogP contribution in [0.1, 0.15) is 63.0 Å². The second-order valence-electron chi connectivity index (χ2n) is 11.3. The van der Waals surface area contributed by atoms with Gasteiger partial charge in [-0.15, -0.1) is 0 Å². The molecule has 5 N–H and O–H groups in total. The summed E-state index contributed by atoms with van der Waals surface area (Å²) in [7, 11) is -4.75. The first-order valence-corrected chi connectivity index (χ1v) is 16.8. The average molecular weight is 645 g/mol. The molecule has 3 unspecified atom stereocenters. The minimum Gasteiger partial charge on any atom is -0.445 e. The molecular weight excluding hydrogens is 603 g/mol. The molecule has 0 spiro atoms. The Morgan fingerprint density at radius 3 is 2.38 bits per heavy atom. The molecule has 13 nitrogen and oxygen atoms in total. The van der Waals surface area contributed by atoms with Crippen LogP contribution in [0.3, 0.4) is 0 Å². The number of ether oxygens (including phenoxy) is 1. The predicted molar refractivity (Wildman–Crippen MR) is 164 cm³/mol. The number of nitrogens with zero attached hydrogens (tertiary/aromatic N) is 1. The van der Waals surface area contributed by atoms with Crippen molar-refractivity contribution in [2.75, 3.05) is 6.54 Å². The first-order chi connectivity index (χ1) is 21.5. The number of rotatable bonds is 12. The lowest BCUT2D eigenvalue weighted by Crippen LogP contribution is -2.59. The standard InChI is InChI=1S/C31H41N4O9P/c1-2-18-32-29(37)27-17-14-23-10-6-7-11-25(30(38)35(23)27)33-28(36)26(34-31(39)43-20-22-8-4-3-5-9-22)19-21-12-15-24(16-13-21)44-45(40,41)42/h3-5,8-9,12-13,15-16,23,25-27H,2,6-7,10-11,14,17-20H2,1H3,(H,32,37)(H,33,36)(H,34,39)(H2,40,41,42)/t23?,25?,26-,27?/m0/s1. The fraction of sp³-hybridized carbons (Fsp3) is 0.484. The highest BCUT2D eigenvalue weighted by Crippen LogP contribution is 2.37. The van der Waals surface area contributed by atoms with Crippen molar-refractivity contribution in [1.29, 1.82) is 0 Å². The second-order valence-corrected chi connectivity index (χ2v) is 12.5. The van der Waals surface area contributed by atoms with Crippen LogP contribution in [0.15, 0.2) is 54.6 Å². The van der Waals surface area contributed by atoms with Crippen LogP contribution >= 0.6 is 7.82 Å². The van der Waals surface area contributed by atoms with E-state index < -0.39 is 37.9 Å². The highest BCUT2D eigenvalue weighted by atomic mass is 31.2. The van der Waals surface area contributed by atoms with Crippen LogP contribution in [0.2, 0.25) is 0 Å². The molecule has 14 heteroatoms. The quantitative estimate of drug-likeness (QED) is 0.217. The fourth-order valence-electron chi connectivity index (χ4n) is 5.74. The van der Waals surface area contributed by atoms with Gasteiger partial charge in [-0.25, -0.2) is 9.36 Å². The number of phosphoric ester groups is 1. The van der Waals surface area contributed by atoms with Crippen LogP contribution in [0.4, 0.5) is 4.79 Å². The maximum Gasteiger partial charge on any atom is 0.524 e. The Morgan fingerprint density at radius 2 is 1.69 bits per heavy atom. The van der Waals surface area contributed by atoms with Gasteiger partial charge in [0.1, 0.15) is 30.5 Å². The van der Waals surface area contributed by atoms with Gasteiger partial charge in [0.15, 0.2) is 0 Å². The van der Waals surface area contributed by atoms with E-state index in [0.717, 1.165) is 31.2 Å². The zero-order valence-corrected chi connectivity index (χ0v) is 26.1. The maximum atomic E-state index is 13.9. The SMILES string of the molecule is CCCNC(=O)C1CCC2CCCCC(NC(=O)[C@H](Cc3ccc(OP(=O)(O)O)cc3)NC(=O)OCc3ccccc3)C(=O)N21. The number of fused-ring (bicyclic) bond motifs is 1. The van der Waals surface area contributed by atoms with E-state index >= 15 is 0 Å². The summed E-state index contributed by atoms with van der Waals surface area (Å²) in [5.74, 6) is -1.18. The largest absolute Gasteiger partial charge is 0.524 e. The molecule has 45 heavy (non-hydrogen) atoms. The van der Waals surface area contributed by atoms with Gasteiger partial charge in [0.25, 0.3) is 0 Å². The Balaban J connectivity index is 1.49. The normalized spacial score (nSPS) is 20.6. The molecule has 0 aromatic heterocycles. The van der Waals surface area contributed by atoms with Gasteiger partial charge in [0.2, 0.25) is 17.7 Å². The van der Waals surface area contributed by atoms with Gasteiger partial charge < -0.3 is 30.1 Å². The smallest absolute Gasteiger partial charge is 0.445 e. The number of benzene rings is 2. The van der Waals surface area contributed by atoms with Crippen molar-refractivity contribution < 1.29 is 42.8 Å². The molecule has 2 saturated heterocycles. The molecule has 2 heterocycles. The monoisotopic (exact) mass is 644 g/mol. The van der Waals surface area contributed by atoms with Crippen LogP contribution in [0.25, 0.3) is 0 Å². The summed E-state index contributed by atoms with van der Waals surface area (Å²) in [5, 5.41) is 8.33. The van der Waals surface area contributed by atoms with Crippen LogP contribution in [0.5, 0.6) is 5.75 Å². The van der Waals surface area contributed by atoms with Crippen molar-refractivity contribution in [3.8, 4) is 5.75 Å². The van der Waals surface area contributed by atoms with Crippen molar-refractivity contribution in [3.63, 3.8) is 0 Å². The van der Waals surface area contributed by atoms with Gasteiger partial charge in [-0.05, 0) is 55.4 Å². The number of alkyl carbamates (subject to hydrolysis) is 1. The first-order valence-electron chi connectivity index (χ1n) is 15.3. The van der Waals surface area contributed by atoms with Gasteiger partial charge in [0, 0.05) is 19.0 Å². The summed E-state index contributed by atoms with van der Waals surface area (Å²) in [5.41, 5.74) is 1.31. The summed E-state index contributed by atoms with van der Waals surface area (Å²) >= 11 is 0. The Morgan fingerprint density at radius 1 is 0.978 bits per heavy atom. The summed E-state index contributed by atoms with van der Waals surface area (Å²) in [6.07, 6.45) is 3.94. The molecule has 0 radical (unpaired) electrons. The lowest BCUT2D eigenvalue weighted by molar-refractivity contribution is -0.144. The molecule has 2 fully saturated rings. The third kappa shape index (κ3) is 10.0. The van der Waals surface area contributed by atoms with Crippen LogP contribution in [-0.2, 0) is 36.7 Å². The van der Waals surface area contributed by atoms with Crippen molar-refractivity contribution >= 4 is 31.6 Å². The number of phosphoric acid groups is 1. The van der Waals surface area contributed by atoms with Gasteiger partial charge >= 0.3 is 13.9 Å². The van der Waals surface area contributed by atoms with Crippen molar-refractivity contribution in [2.45, 2.75) is 89.1 Å². The summed E-state index contributed by atoms with van der Waals surface area (Å²) in [6, 6.07) is 12.0. The third-order valence-electron chi connectivity index (χ3n) is 7.91. The lowest BCUT2D eigenvalue weighted by atomic mass is 9.98. The molecule has 4 rings (SSSR count). The molecule has 244 valence electrons. The van der Waals surface area contributed by atoms with Crippen molar-refractivity contribution in [1.82, 2.24) is 20.9 Å². The fourth-order valence-corrected chi connectivity index (χ4v) is 6.13. The van der Waals surface area contributed by atoms with E-state index in [0.29, 0.717) is 31.4 Å². The summed E-state index contributed by atoms with van der Waals surface area (Å²) in [4.78, 5) is 73.1. The number of nitrogens with one attached hydrogen (secondary N) is 3. The van der Waals surface area contributed by atoms with Gasteiger partial charge in [0.05, 0.1) is 0 Å². The van der Waals surface area contributed by atoms with E-state index in [2.05, 4.69) is 20.5 Å². The Hall–Kier alpha value is -3.93. The van der Waals surface area contributed by atoms with E-state index in [1.165, 1.54) is 24.3 Å². The molecule has 0 bridgehead atoms.